The molecule has 0 aromatic heterocycles. The third-order valence-corrected chi connectivity index (χ3v) is 16.6. The summed E-state index contributed by atoms with van der Waals surface area (Å²) in [7, 11) is 0.657. The second-order valence-electron chi connectivity index (χ2n) is 23.2. The van der Waals surface area contributed by atoms with Gasteiger partial charge in [0, 0.05) is 27.2 Å². The second-order valence-corrected chi connectivity index (χ2v) is 24.1. The first-order chi connectivity index (χ1) is 35.8. The highest BCUT2D eigenvalue weighted by Crippen LogP contribution is 2.42. The van der Waals surface area contributed by atoms with E-state index < -0.39 is 18.2 Å². The van der Waals surface area contributed by atoms with Gasteiger partial charge < -0.3 is 33.3 Å². The second kappa shape index (κ2) is 22.5. The Kier molecular flexibility index (Phi) is 16.8. The van der Waals surface area contributed by atoms with Crippen LogP contribution in [0, 0.1) is 13.8 Å². The zero-order valence-corrected chi connectivity index (χ0v) is 48.5. The molecule has 2 saturated heterocycles. The summed E-state index contributed by atoms with van der Waals surface area (Å²) in [4.78, 5) is 2.34. The molecule has 7 nitrogen and oxygen atoms in total. The molecule has 0 amide bonds. The fraction of sp³-hybridized carbons (Fsp3) is 0.323. The van der Waals surface area contributed by atoms with Crippen molar-refractivity contribution in [3.05, 3.63) is 214 Å². The number of halogens is 1. The number of hydrogen-bond acceptors (Lipinski definition) is 7. The molecule has 2 aliphatic heterocycles. The van der Waals surface area contributed by atoms with Gasteiger partial charge in [0.1, 0.15) is 0 Å². The molecule has 2 aliphatic rings. The third-order valence-electron chi connectivity index (χ3n) is 16.1. The van der Waals surface area contributed by atoms with Crippen molar-refractivity contribution in [2.75, 3.05) is 4.90 Å². The largest absolute Gasteiger partial charge is 0.494 e. The minimum Gasteiger partial charge on any atom is -0.435 e. The van der Waals surface area contributed by atoms with Gasteiger partial charge in [0.2, 0.25) is 0 Å². The molecule has 1 unspecified atom stereocenters. The number of benzene rings is 8. The molecule has 10 rings (SSSR count). The fourth-order valence-electron chi connectivity index (χ4n) is 9.29. The lowest BCUT2D eigenvalue weighted by Crippen LogP contribution is -2.50. The van der Waals surface area contributed by atoms with Crippen molar-refractivity contribution >= 4 is 81.5 Å². The highest BCUT2D eigenvalue weighted by molar-refractivity contribution is 9.10. The van der Waals surface area contributed by atoms with Crippen molar-refractivity contribution in [3.8, 4) is 0 Å². The third kappa shape index (κ3) is 12.3. The van der Waals surface area contributed by atoms with Crippen LogP contribution >= 0.6 is 15.9 Å². The summed E-state index contributed by atoms with van der Waals surface area (Å²) in [6, 6.07) is 64.8. The molecule has 0 spiro atoms. The van der Waals surface area contributed by atoms with Gasteiger partial charge in [-0.25, -0.2) is 0 Å². The highest BCUT2D eigenvalue weighted by atomic mass is 79.9. The summed E-state index contributed by atoms with van der Waals surface area (Å²) < 4.78 is 30.8. The van der Waals surface area contributed by atoms with E-state index >= 15 is 0 Å². The number of aliphatic hydroxyl groups is 1. The Bertz CT molecular complexity index is 3220. The van der Waals surface area contributed by atoms with Gasteiger partial charge in [-0.15, -0.1) is 0 Å². The van der Waals surface area contributed by atoms with Crippen molar-refractivity contribution in [2.45, 2.75) is 136 Å². The molecule has 11 heteroatoms. The Hall–Kier alpha value is -5.49. The normalized spacial score (nSPS) is 16.8. The van der Waals surface area contributed by atoms with E-state index in [-0.39, 0.29) is 35.4 Å². The maximum atomic E-state index is 10.00. The van der Waals surface area contributed by atoms with Gasteiger partial charge in [0.15, 0.2) is 0 Å². The molecular weight excluding hydrogens is 1000 g/mol. The molecule has 391 valence electrons. The minimum absolute atomic E-state index is 0.143. The van der Waals surface area contributed by atoms with Crippen LogP contribution in [0.2, 0.25) is 0 Å². The summed E-state index contributed by atoms with van der Waals surface area (Å²) in [5, 5.41) is 15.1. The average Bonchev–Trinajstić information content (AvgIpc) is 3.75. The van der Waals surface area contributed by atoms with E-state index in [9.17, 15) is 5.11 Å². The number of para-hydroxylation sites is 1. The Morgan fingerprint density at radius 1 is 0.513 bits per heavy atom. The van der Waals surface area contributed by atoms with Crippen LogP contribution in [0.3, 0.4) is 0 Å². The van der Waals surface area contributed by atoms with Crippen LogP contribution in [0.1, 0.15) is 117 Å². The lowest BCUT2D eigenvalue weighted by molar-refractivity contribution is -0.0894. The molecule has 0 aliphatic carbocycles. The average molecular weight is 1080 g/mol. The quantitative estimate of drug-likeness (QED) is 0.102. The zero-order valence-electron chi connectivity index (χ0n) is 46.9. The Morgan fingerprint density at radius 3 is 1.55 bits per heavy atom. The monoisotopic (exact) mass is 1080 g/mol. The van der Waals surface area contributed by atoms with Crippen LogP contribution in [0.5, 0.6) is 0 Å². The van der Waals surface area contributed by atoms with E-state index in [1.807, 2.05) is 41.5 Å². The van der Waals surface area contributed by atoms with Crippen LogP contribution in [0.15, 0.2) is 186 Å². The van der Waals surface area contributed by atoms with Crippen molar-refractivity contribution in [2.24, 2.45) is 0 Å². The summed E-state index contributed by atoms with van der Waals surface area (Å²) >= 11 is 3.54. The molecule has 2 heterocycles. The van der Waals surface area contributed by atoms with Gasteiger partial charge in [-0.1, -0.05) is 162 Å². The molecule has 0 bridgehead atoms. The number of aryl methyl sites for hydroxylation is 2. The van der Waals surface area contributed by atoms with Crippen LogP contribution in [-0.2, 0) is 23.3 Å². The predicted octanol–water partition coefficient (Wildman–Crippen LogP) is 15.8. The van der Waals surface area contributed by atoms with Gasteiger partial charge in [-0.05, 0) is 183 Å². The smallest absolute Gasteiger partial charge is 0.435 e. The van der Waals surface area contributed by atoms with E-state index in [1.54, 1.807) is 13.8 Å². The number of nitrogens with zero attached hydrogens (tertiary/aromatic N) is 1. The number of anilines is 3. The van der Waals surface area contributed by atoms with Gasteiger partial charge in [-0.2, -0.15) is 0 Å². The molecule has 2 fully saturated rings. The van der Waals surface area contributed by atoms with Crippen molar-refractivity contribution < 1.29 is 28.4 Å². The minimum atomic E-state index is -0.951. The van der Waals surface area contributed by atoms with Gasteiger partial charge in [0.05, 0.1) is 39.3 Å². The van der Waals surface area contributed by atoms with Crippen LogP contribution < -0.4 is 10.4 Å². The first kappa shape index (κ1) is 56.7. The lowest BCUT2D eigenvalue weighted by atomic mass is 9.55. The zero-order chi connectivity index (χ0) is 54.8. The molecule has 1 N–H and O–H groups in total. The summed E-state index contributed by atoms with van der Waals surface area (Å²) in [6.07, 6.45) is 0. The predicted molar refractivity (Wildman–Crippen MR) is 323 cm³/mol. The first-order valence-electron chi connectivity index (χ1n) is 26.5. The van der Waals surface area contributed by atoms with Crippen molar-refractivity contribution in [3.63, 3.8) is 0 Å². The molecule has 76 heavy (non-hydrogen) atoms. The SMILES string of the molecule is CC(C)(O)C(C)(C)O[B]B1OC(C)(C)C(C)(C)O1.Cc1ccccc1C(c1ccc(B2OC(C)(C)C(C)(C)O2)cc1)c1cccc2ccccc12.Cc1ccccc1N(c1ccc(Br)cc1)c1cccc2ccccc12. The van der Waals surface area contributed by atoms with E-state index in [2.05, 4.69) is 244 Å². The molecule has 8 aromatic rings. The molecule has 1 radical (unpaired) electrons. The summed E-state index contributed by atoms with van der Waals surface area (Å²) in [5.74, 6) is 0.143. The summed E-state index contributed by atoms with van der Waals surface area (Å²) in [5.41, 5.74) is 7.94. The van der Waals surface area contributed by atoms with E-state index in [4.69, 9.17) is 23.3 Å². The van der Waals surface area contributed by atoms with Gasteiger partial charge in [0.25, 0.3) is 0 Å². The van der Waals surface area contributed by atoms with E-state index in [0.717, 1.165) is 15.6 Å². The van der Waals surface area contributed by atoms with E-state index in [0.29, 0.717) is 0 Å². The van der Waals surface area contributed by atoms with Crippen molar-refractivity contribution in [1.29, 1.82) is 0 Å². The lowest BCUT2D eigenvalue weighted by Gasteiger charge is -2.37. The molecule has 0 saturated carbocycles. The van der Waals surface area contributed by atoms with Crippen LogP contribution in [-0.4, -0.2) is 60.2 Å². The Labute approximate surface area is 463 Å². The van der Waals surface area contributed by atoms with Crippen LogP contribution in [0.4, 0.5) is 17.1 Å². The van der Waals surface area contributed by atoms with Gasteiger partial charge in [-0.3, -0.25) is 0 Å². The van der Waals surface area contributed by atoms with E-state index in [1.165, 1.54) is 68.1 Å². The molecule has 1 atom stereocenters. The maximum absolute atomic E-state index is 10.00. The number of hydrogen-bond donors (Lipinski definition) is 1. The van der Waals surface area contributed by atoms with Gasteiger partial charge >= 0.3 is 21.5 Å². The summed E-state index contributed by atoms with van der Waals surface area (Å²) in [6.45, 7) is 27.8. The Balaban J connectivity index is 0.000000159. The molecule has 8 aromatic carbocycles. The van der Waals surface area contributed by atoms with Crippen LogP contribution in [0.25, 0.3) is 21.5 Å². The standard InChI is InChI=1S/C30H31BO2.C23H18BrN.C12H25B2O4/c1-21-11-6-8-14-25(21)28(27-16-10-13-22-12-7-9-15-26(22)27)23-17-19-24(20-18-23)31-32-29(2,3)30(4,5)33-31;1-17-7-2-5-11-22(17)25(20-15-13-19(24)14-16-20)23-12-6-9-18-8-3-4-10-21(18)23;1-9(2,15)10(3,4)16-13-14-17-11(5,6)12(7,8)18-14/h6-20,28H,1-5H3;2-16H,1H3;15H,1-8H3. The molecular formula is C65H74B3BrNO6. The highest BCUT2D eigenvalue weighted by Gasteiger charge is 2.53. The topological polar surface area (TPSA) is 69.6 Å². The maximum Gasteiger partial charge on any atom is 0.494 e. The first-order valence-corrected chi connectivity index (χ1v) is 27.3. The Morgan fingerprint density at radius 2 is 0.974 bits per heavy atom. The van der Waals surface area contributed by atoms with Crippen molar-refractivity contribution in [1.82, 2.24) is 0 Å². The number of fused-ring (bicyclic) bond motifs is 2. The fourth-order valence-corrected chi connectivity index (χ4v) is 9.56. The number of rotatable bonds is 11.